The molecular formula is C17H20N2O2. The molecule has 0 aliphatic rings. The maximum absolute atomic E-state index is 11.7. The highest BCUT2D eigenvalue weighted by atomic mass is 16.5. The zero-order valence-electron chi connectivity index (χ0n) is 11.9. The van der Waals surface area contributed by atoms with Crippen LogP contribution in [0.15, 0.2) is 54.6 Å². The minimum absolute atomic E-state index is 0.275. The molecule has 0 unspecified atom stereocenters. The molecule has 0 saturated carbocycles. The summed E-state index contributed by atoms with van der Waals surface area (Å²) in [6.07, 6.45) is 0.387. The fraction of sp³-hybridized carbons (Fsp3) is 0.235. The largest absolute Gasteiger partial charge is 0.445 e. The summed E-state index contributed by atoms with van der Waals surface area (Å²) in [5.74, 6) is 0. The van der Waals surface area contributed by atoms with Gasteiger partial charge in [-0.2, -0.15) is 0 Å². The summed E-state index contributed by atoms with van der Waals surface area (Å²) in [5, 5.41) is 2.77. The Balaban J connectivity index is 1.81. The molecule has 0 saturated heterocycles. The second-order valence-corrected chi connectivity index (χ2v) is 4.72. The minimum Gasteiger partial charge on any atom is -0.445 e. The Morgan fingerprint density at radius 3 is 2.38 bits per heavy atom. The van der Waals surface area contributed by atoms with Gasteiger partial charge in [0.1, 0.15) is 6.61 Å². The summed E-state index contributed by atoms with van der Waals surface area (Å²) >= 11 is 0. The lowest BCUT2D eigenvalue weighted by atomic mass is 10.0. The van der Waals surface area contributed by atoms with E-state index in [1.54, 1.807) is 0 Å². The molecule has 2 aromatic rings. The Labute approximate surface area is 124 Å². The number of hydrogen-bond acceptors (Lipinski definition) is 3. The van der Waals surface area contributed by atoms with E-state index in [1.807, 2.05) is 54.6 Å². The van der Waals surface area contributed by atoms with Gasteiger partial charge >= 0.3 is 6.09 Å². The summed E-state index contributed by atoms with van der Waals surface area (Å²) in [6.45, 7) is 1.32. The summed E-state index contributed by atoms with van der Waals surface area (Å²) in [6, 6.07) is 17.5. The molecule has 0 aliphatic carbocycles. The number of ether oxygens (including phenoxy) is 1. The van der Waals surface area contributed by atoms with Gasteiger partial charge in [-0.05, 0) is 29.7 Å². The number of alkyl carbamates (subject to hydrolysis) is 1. The van der Waals surface area contributed by atoms with Crippen molar-refractivity contribution >= 4 is 6.09 Å². The first-order chi connectivity index (χ1) is 10.3. The summed E-state index contributed by atoms with van der Waals surface area (Å²) in [7, 11) is 0. The third-order valence-electron chi connectivity index (χ3n) is 3.17. The number of carbonyl (C=O) groups excluding carboxylic acids is 1. The molecule has 0 radical (unpaired) electrons. The molecule has 2 rings (SSSR count). The SMILES string of the molecule is NCCc1ccccc1CNC(=O)OCc1ccccc1. The molecule has 0 fully saturated rings. The molecule has 0 aromatic heterocycles. The third-order valence-corrected chi connectivity index (χ3v) is 3.17. The lowest BCUT2D eigenvalue weighted by Crippen LogP contribution is -2.24. The predicted octanol–water partition coefficient (Wildman–Crippen LogP) is 2.61. The van der Waals surface area contributed by atoms with Crippen LogP contribution < -0.4 is 11.1 Å². The average Bonchev–Trinajstić information content (AvgIpc) is 2.53. The van der Waals surface area contributed by atoms with Gasteiger partial charge in [0.25, 0.3) is 0 Å². The van der Waals surface area contributed by atoms with Crippen molar-refractivity contribution in [3.63, 3.8) is 0 Å². The molecule has 2 aromatic carbocycles. The van der Waals surface area contributed by atoms with E-state index in [4.69, 9.17) is 10.5 Å². The molecule has 0 atom stereocenters. The van der Waals surface area contributed by atoms with E-state index in [1.165, 1.54) is 0 Å². The van der Waals surface area contributed by atoms with Crippen LogP contribution in [0.5, 0.6) is 0 Å². The fourth-order valence-electron chi connectivity index (χ4n) is 2.07. The zero-order valence-corrected chi connectivity index (χ0v) is 11.9. The van der Waals surface area contributed by atoms with Crippen molar-refractivity contribution in [3.8, 4) is 0 Å². The van der Waals surface area contributed by atoms with Crippen LogP contribution in [0.4, 0.5) is 4.79 Å². The van der Waals surface area contributed by atoms with Crippen molar-refractivity contribution in [2.45, 2.75) is 19.6 Å². The number of nitrogens with two attached hydrogens (primary N) is 1. The quantitative estimate of drug-likeness (QED) is 0.857. The van der Waals surface area contributed by atoms with Gasteiger partial charge in [0.15, 0.2) is 0 Å². The lowest BCUT2D eigenvalue weighted by molar-refractivity contribution is 0.139. The van der Waals surface area contributed by atoms with Gasteiger partial charge in [0, 0.05) is 6.54 Å². The van der Waals surface area contributed by atoms with Gasteiger partial charge < -0.3 is 15.8 Å². The Bertz CT molecular complexity index is 570. The highest BCUT2D eigenvalue weighted by Gasteiger charge is 2.05. The maximum atomic E-state index is 11.7. The van der Waals surface area contributed by atoms with Gasteiger partial charge in [-0.1, -0.05) is 54.6 Å². The highest BCUT2D eigenvalue weighted by molar-refractivity contribution is 5.67. The molecule has 0 spiro atoms. The van der Waals surface area contributed by atoms with Crippen molar-refractivity contribution in [2.24, 2.45) is 5.73 Å². The third kappa shape index (κ3) is 4.93. The molecule has 110 valence electrons. The molecule has 1 amide bonds. The van der Waals surface area contributed by atoms with Crippen LogP contribution >= 0.6 is 0 Å². The van der Waals surface area contributed by atoms with Crippen LogP contribution in [0.1, 0.15) is 16.7 Å². The van der Waals surface area contributed by atoms with E-state index in [-0.39, 0.29) is 6.61 Å². The molecular weight excluding hydrogens is 264 g/mol. The minimum atomic E-state index is -0.415. The average molecular weight is 284 g/mol. The molecule has 0 heterocycles. The maximum Gasteiger partial charge on any atom is 0.407 e. The van der Waals surface area contributed by atoms with E-state index < -0.39 is 6.09 Å². The van der Waals surface area contributed by atoms with Crippen LogP contribution in [-0.2, 0) is 24.3 Å². The highest BCUT2D eigenvalue weighted by Crippen LogP contribution is 2.09. The first-order valence-electron chi connectivity index (χ1n) is 7.01. The Morgan fingerprint density at radius 1 is 1.00 bits per heavy atom. The van der Waals surface area contributed by atoms with Crippen LogP contribution in [0.25, 0.3) is 0 Å². The van der Waals surface area contributed by atoms with E-state index in [0.717, 1.165) is 23.1 Å². The molecule has 0 aliphatic heterocycles. The van der Waals surface area contributed by atoms with Gasteiger partial charge in [0.05, 0.1) is 0 Å². The Kier molecular flexibility index (Phi) is 5.79. The summed E-state index contributed by atoms with van der Waals surface area (Å²) in [4.78, 5) is 11.7. The van der Waals surface area contributed by atoms with Crippen molar-refractivity contribution in [1.29, 1.82) is 0 Å². The monoisotopic (exact) mass is 284 g/mol. The smallest absolute Gasteiger partial charge is 0.407 e. The summed E-state index contributed by atoms with van der Waals surface area (Å²) in [5.41, 5.74) is 8.78. The van der Waals surface area contributed by atoms with Crippen molar-refractivity contribution in [3.05, 3.63) is 71.3 Å². The first-order valence-corrected chi connectivity index (χ1v) is 7.01. The topological polar surface area (TPSA) is 64.3 Å². The lowest BCUT2D eigenvalue weighted by Gasteiger charge is -2.10. The Morgan fingerprint density at radius 2 is 1.67 bits per heavy atom. The number of benzene rings is 2. The number of rotatable bonds is 6. The molecule has 21 heavy (non-hydrogen) atoms. The Hall–Kier alpha value is -2.33. The number of nitrogens with one attached hydrogen (secondary N) is 1. The molecule has 3 N–H and O–H groups in total. The molecule has 4 heteroatoms. The normalized spacial score (nSPS) is 10.1. The van der Waals surface area contributed by atoms with E-state index in [9.17, 15) is 4.79 Å². The van der Waals surface area contributed by atoms with Gasteiger partial charge in [-0.25, -0.2) is 4.79 Å². The van der Waals surface area contributed by atoms with Crippen molar-refractivity contribution < 1.29 is 9.53 Å². The fourth-order valence-corrected chi connectivity index (χ4v) is 2.07. The van der Waals surface area contributed by atoms with Gasteiger partial charge in [-0.3, -0.25) is 0 Å². The number of amides is 1. The number of hydrogen-bond donors (Lipinski definition) is 2. The predicted molar refractivity (Wildman–Crippen MR) is 82.7 cm³/mol. The van der Waals surface area contributed by atoms with Gasteiger partial charge in [-0.15, -0.1) is 0 Å². The van der Waals surface area contributed by atoms with Crippen LogP contribution in [0.2, 0.25) is 0 Å². The van der Waals surface area contributed by atoms with E-state index in [2.05, 4.69) is 5.32 Å². The standard InChI is InChI=1S/C17H20N2O2/c18-11-10-15-8-4-5-9-16(15)12-19-17(20)21-13-14-6-2-1-3-7-14/h1-9H,10-13,18H2,(H,19,20). The van der Waals surface area contributed by atoms with Crippen LogP contribution in [0.3, 0.4) is 0 Å². The van der Waals surface area contributed by atoms with E-state index >= 15 is 0 Å². The van der Waals surface area contributed by atoms with Crippen LogP contribution in [-0.4, -0.2) is 12.6 Å². The first kappa shape index (κ1) is 15.1. The van der Waals surface area contributed by atoms with Crippen LogP contribution in [0, 0.1) is 0 Å². The van der Waals surface area contributed by atoms with Crippen molar-refractivity contribution in [2.75, 3.05) is 6.54 Å². The molecule has 4 nitrogen and oxygen atoms in total. The molecule has 0 bridgehead atoms. The second kappa shape index (κ2) is 8.07. The zero-order chi connectivity index (χ0) is 14.9. The number of carbonyl (C=O) groups is 1. The van der Waals surface area contributed by atoms with E-state index in [0.29, 0.717) is 13.1 Å². The summed E-state index contributed by atoms with van der Waals surface area (Å²) < 4.78 is 5.17. The second-order valence-electron chi connectivity index (χ2n) is 4.72. The van der Waals surface area contributed by atoms with Crippen molar-refractivity contribution in [1.82, 2.24) is 5.32 Å². The van der Waals surface area contributed by atoms with Gasteiger partial charge in [0.2, 0.25) is 0 Å².